The number of benzene rings is 1. The maximum atomic E-state index is 3.12. The Bertz CT molecular complexity index is 214. The van der Waals surface area contributed by atoms with Crippen molar-refractivity contribution in [1.82, 2.24) is 5.32 Å². The second kappa shape index (κ2) is 8.85. The van der Waals surface area contributed by atoms with Crippen LogP contribution in [0.5, 0.6) is 0 Å². The van der Waals surface area contributed by atoms with E-state index in [0.717, 1.165) is 6.54 Å². The van der Waals surface area contributed by atoms with E-state index in [9.17, 15) is 0 Å². The van der Waals surface area contributed by atoms with Crippen LogP contribution in [0, 0.1) is 0 Å². The van der Waals surface area contributed by atoms with Crippen LogP contribution in [0.2, 0.25) is 0 Å². The Morgan fingerprint density at radius 2 is 1.77 bits per heavy atom. The Balaban J connectivity index is 0.000000671. The molecule has 1 aromatic rings. The summed E-state index contributed by atoms with van der Waals surface area (Å²) >= 11 is 0. The average Bonchev–Trinajstić information content (AvgIpc) is 2.23. The third kappa shape index (κ3) is 5.97. The van der Waals surface area contributed by atoms with Crippen molar-refractivity contribution in [3.05, 3.63) is 42.1 Å². The first-order chi connectivity index (χ1) is 6.43. The van der Waals surface area contributed by atoms with Crippen molar-refractivity contribution in [2.24, 2.45) is 0 Å². The molecule has 0 atom stereocenters. The molecule has 0 aliphatic heterocycles. The Kier molecular flexibility index (Phi) is 8.01. The van der Waals surface area contributed by atoms with Gasteiger partial charge in [0.2, 0.25) is 0 Å². The van der Waals surface area contributed by atoms with Gasteiger partial charge >= 0.3 is 0 Å². The van der Waals surface area contributed by atoms with Gasteiger partial charge in [0.25, 0.3) is 0 Å². The monoisotopic (exact) mass is 177 g/mol. The van der Waals surface area contributed by atoms with Crippen LogP contribution in [-0.2, 0) is 0 Å². The van der Waals surface area contributed by atoms with Gasteiger partial charge in [-0.05, 0) is 24.8 Å². The molecule has 0 aliphatic rings. The van der Waals surface area contributed by atoms with Crippen molar-refractivity contribution in [2.75, 3.05) is 6.54 Å². The van der Waals surface area contributed by atoms with E-state index in [1.54, 1.807) is 0 Å². The number of hydrogen-bond acceptors (Lipinski definition) is 1. The predicted octanol–water partition coefficient (Wildman–Crippen LogP) is 3.29. The number of hydrogen-bond donors (Lipinski definition) is 1. The molecular weight excluding hydrogens is 158 g/mol. The maximum absolute atomic E-state index is 3.12. The Morgan fingerprint density at radius 1 is 1.15 bits per heavy atom. The smallest absolute Gasteiger partial charge is 0.0113 e. The first kappa shape index (κ1) is 11.8. The van der Waals surface area contributed by atoms with Crippen molar-refractivity contribution in [3.8, 4) is 0 Å². The second-order valence-electron chi connectivity index (χ2n) is 2.30. The Morgan fingerprint density at radius 3 is 2.31 bits per heavy atom. The molecule has 13 heavy (non-hydrogen) atoms. The molecule has 0 aromatic heterocycles. The highest BCUT2D eigenvalue weighted by molar-refractivity contribution is 5.48. The normalized spacial score (nSPS) is 9.15. The molecule has 1 nitrogen and oxygen atoms in total. The van der Waals surface area contributed by atoms with Crippen molar-refractivity contribution in [3.63, 3.8) is 0 Å². The van der Waals surface area contributed by atoms with Crippen LogP contribution in [0.15, 0.2) is 36.5 Å². The zero-order valence-electron chi connectivity index (χ0n) is 8.75. The first-order valence-electron chi connectivity index (χ1n) is 4.88. The molecule has 0 radical (unpaired) electrons. The fourth-order valence-electron chi connectivity index (χ4n) is 0.837. The van der Waals surface area contributed by atoms with E-state index >= 15 is 0 Å². The minimum Gasteiger partial charge on any atom is -0.391 e. The summed E-state index contributed by atoms with van der Waals surface area (Å²) in [5.74, 6) is 0. The lowest BCUT2D eigenvalue weighted by Gasteiger charge is -1.92. The van der Waals surface area contributed by atoms with E-state index in [1.165, 1.54) is 5.56 Å². The van der Waals surface area contributed by atoms with E-state index in [2.05, 4.69) is 30.4 Å². The van der Waals surface area contributed by atoms with Gasteiger partial charge in [0.1, 0.15) is 0 Å². The van der Waals surface area contributed by atoms with E-state index in [4.69, 9.17) is 0 Å². The minimum atomic E-state index is 0.976. The molecular formula is C12H19N. The molecule has 1 N–H and O–H groups in total. The van der Waals surface area contributed by atoms with E-state index in [0.29, 0.717) is 0 Å². The van der Waals surface area contributed by atoms with Gasteiger partial charge in [-0.25, -0.2) is 0 Å². The summed E-state index contributed by atoms with van der Waals surface area (Å²) in [4.78, 5) is 0. The van der Waals surface area contributed by atoms with Crippen molar-refractivity contribution >= 4 is 6.08 Å². The zero-order valence-corrected chi connectivity index (χ0v) is 8.75. The molecule has 0 saturated carbocycles. The Labute approximate surface area is 81.5 Å². The lowest BCUT2D eigenvalue weighted by atomic mass is 10.2. The van der Waals surface area contributed by atoms with E-state index in [1.807, 2.05) is 38.2 Å². The van der Waals surface area contributed by atoms with Crippen LogP contribution in [0.1, 0.15) is 26.3 Å². The third-order valence-electron chi connectivity index (χ3n) is 1.40. The Hall–Kier alpha value is -1.24. The summed E-state index contributed by atoms with van der Waals surface area (Å²) in [6.45, 7) is 7.05. The highest BCUT2D eigenvalue weighted by Gasteiger charge is 1.79. The first-order valence-corrected chi connectivity index (χ1v) is 4.88. The molecule has 0 spiro atoms. The van der Waals surface area contributed by atoms with Gasteiger partial charge in [0, 0.05) is 6.54 Å². The standard InChI is InChI=1S/C10H13N.C2H6/c1-2-11-9-8-10-6-4-3-5-7-10;1-2/h3-9,11H,2H2,1H3;1-2H3. The molecule has 1 heteroatoms. The molecule has 0 unspecified atom stereocenters. The van der Waals surface area contributed by atoms with Gasteiger partial charge in [-0.3, -0.25) is 0 Å². The van der Waals surface area contributed by atoms with Crippen LogP contribution in [0.4, 0.5) is 0 Å². The molecule has 0 aliphatic carbocycles. The summed E-state index contributed by atoms with van der Waals surface area (Å²) in [6.07, 6.45) is 4.03. The van der Waals surface area contributed by atoms with Crippen LogP contribution in [0.25, 0.3) is 6.08 Å². The summed E-state index contributed by atoms with van der Waals surface area (Å²) in [6, 6.07) is 10.2. The summed E-state index contributed by atoms with van der Waals surface area (Å²) in [5, 5.41) is 3.12. The van der Waals surface area contributed by atoms with Gasteiger partial charge in [0.05, 0.1) is 0 Å². The van der Waals surface area contributed by atoms with Crippen molar-refractivity contribution in [2.45, 2.75) is 20.8 Å². The molecule has 1 aromatic carbocycles. The number of rotatable bonds is 3. The highest BCUT2D eigenvalue weighted by Crippen LogP contribution is 1.99. The molecule has 0 fully saturated rings. The molecule has 0 heterocycles. The molecule has 72 valence electrons. The summed E-state index contributed by atoms with van der Waals surface area (Å²) in [7, 11) is 0. The predicted molar refractivity (Wildman–Crippen MR) is 60.5 cm³/mol. The summed E-state index contributed by atoms with van der Waals surface area (Å²) in [5.41, 5.74) is 1.23. The van der Waals surface area contributed by atoms with Crippen LogP contribution in [0.3, 0.4) is 0 Å². The van der Waals surface area contributed by atoms with Gasteiger partial charge < -0.3 is 5.32 Å². The molecule has 0 saturated heterocycles. The third-order valence-corrected chi connectivity index (χ3v) is 1.40. The van der Waals surface area contributed by atoms with E-state index < -0.39 is 0 Å². The van der Waals surface area contributed by atoms with Crippen LogP contribution < -0.4 is 5.32 Å². The fraction of sp³-hybridized carbons (Fsp3) is 0.333. The zero-order chi connectivity index (χ0) is 9.94. The molecule has 0 amide bonds. The highest BCUT2D eigenvalue weighted by atomic mass is 14.8. The lowest BCUT2D eigenvalue weighted by Crippen LogP contribution is -2.00. The van der Waals surface area contributed by atoms with Crippen molar-refractivity contribution in [1.29, 1.82) is 0 Å². The van der Waals surface area contributed by atoms with E-state index in [-0.39, 0.29) is 0 Å². The van der Waals surface area contributed by atoms with Gasteiger partial charge in [0.15, 0.2) is 0 Å². The van der Waals surface area contributed by atoms with Gasteiger partial charge in [-0.1, -0.05) is 44.2 Å². The maximum Gasteiger partial charge on any atom is 0.0113 e. The molecule has 1 rings (SSSR count). The largest absolute Gasteiger partial charge is 0.391 e. The fourth-order valence-corrected chi connectivity index (χ4v) is 0.837. The topological polar surface area (TPSA) is 12.0 Å². The van der Waals surface area contributed by atoms with Crippen LogP contribution >= 0.6 is 0 Å². The van der Waals surface area contributed by atoms with Gasteiger partial charge in [-0.15, -0.1) is 0 Å². The number of nitrogens with one attached hydrogen (secondary N) is 1. The van der Waals surface area contributed by atoms with Crippen molar-refractivity contribution < 1.29 is 0 Å². The molecule has 0 bridgehead atoms. The quantitative estimate of drug-likeness (QED) is 0.747. The SMILES string of the molecule is CC.CCNC=Cc1ccccc1. The minimum absolute atomic E-state index is 0.976. The van der Waals surface area contributed by atoms with Gasteiger partial charge in [-0.2, -0.15) is 0 Å². The lowest BCUT2D eigenvalue weighted by molar-refractivity contribution is 0.924. The average molecular weight is 177 g/mol. The van der Waals surface area contributed by atoms with Crippen LogP contribution in [-0.4, -0.2) is 6.54 Å². The second-order valence-corrected chi connectivity index (χ2v) is 2.30. The summed E-state index contributed by atoms with van der Waals surface area (Å²) < 4.78 is 0.